The first-order chi connectivity index (χ1) is 5.75. The Hall–Kier alpha value is -0.955. The molecule has 1 aromatic rings. The predicted octanol–water partition coefficient (Wildman–Crippen LogP) is 0.0686. The monoisotopic (exact) mass is 162 g/mol. The van der Waals surface area contributed by atoms with Gasteiger partial charge >= 0.3 is 0 Å². The molecule has 1 saturated heterocycles. The van der Waals surface area contributed by atoms with Crippen molar-refractivity contribution in [3.05, 3.63) is 24.3 Å². The van der Waals surface area contributed by atoms with Crippen molar-refractivity contribution in [1.82, 2.24) is 0 Å². The number of epoxide rings is 1. The molecule has 1 heterocycles. The van der Waals surface area contributed by atoms with Crippen molar-refractivity contribution in [3.63, 3.8) is 0 Å². The Morgan fingerprint density at radius 2 is 1.92 bits per heavy atom. The van der Waals surface area contributed by atoms with Gasteiger partial charge in [-0.05, 0) is 19.1 Å². The molecule has 3 heteroatoms. The van der Waals surface area contributed by atoms with Crippen LogP contribution in [0.1, 0.15) is 6.92 Å². The van der Waals surface area contributed by atoms with Crippen LogP contribution < -0.4 is 10.2 Å². The Kier molecular flexibility index (Phi) is 1.81. The zero-order valence-electron chi connectivity index (χ0n) is 7.28. The van der Waals surface area contributed by atoms with Crippen LogP contribution in [0, 0.1) is 0 Å². The van der Waals surface area contributed by atoms with Gasteiger partial charge in [-0.3, -0.25) is 0 Å². The highest BCUT2D eigenvalue weighted by Gasteiger charge is 2.36. The SMILES string of the molecule is Bc1ccc(OC2OC2C)cc1. The minimum atomic E-state index is -0.0206. The summed E-state index contributed by atoms with van der Waals surface area (Å²) in [5.74, 6) is 0.884. The maximum atomic E-state index is 5.47. The molecule has 1 aliphatic heterocycles. The third kappa shape index (κ3) is 1.61. The third-order valence-corrected chi connectivity index (χ3v) is 1.93. The molecular formula is C9H11BO2. The average molecular weight is 162 g/mol. The van der Waals surface area contributed by atoms with E-state index >= 15 is 0 Å². The van der Waals surface area contributed by atoms with Gasteiger partial charge in [0.15, 0.2) is 0 Å². The lowest BCUT2D eigenvalue weighted by Crippen LogP contribution is -2.04. The van der Waals surface area contributed by atoms with Crippen LogP contribution in [0.25, 0.3) is 0 Å². The average Bonchev–Trinajstić information content (AvgIpc) is 2.72. The van der Waals surface area contributed by atoms with Crippen LogP contribution in [0.5, 0.6) is 5.75 Å². The fraction of sp³-hybridized carbons (Fsp3) is 0.333. The highest BCUT2D eigenvalue weighted by molar-refractivity contribution is 6.32. The highest BCUT2D eigenvalue weighted by Crippen LogP contribution is 2.24. The summed E-state index contributed by atoms with van der Waals surface area (Å²) in [6.45, 7) is 2.00. The minimum Gasteiger partial charge on any atom is -0.462 e. The highest BCUT2D eigenvalue weighted by atomic mass is 16.8. The fourth-order valence-electron chi connectivity index (χ4n) is 1.04. The second-order valence-corrected chi connectivity index (χ2v) is 3.14. The topological polar surface area (TPSA) is 21.8 Å². The number of benzene rings is 1. The smallest absolute Gasteiger partial charge is 0.226 e. The first-order valence-corrected chi connectivity index (χ1v) is 4.14. The van der Waals surface area contributed by atoms with Gasteiger partial charge in [0.1, 0.15) is 19.7 Å². The van der Waals surface area contributed by atoms with Crippen LogP contribution >= 0.6 is 0 Å². The summed E-state index contributed by atoms with van der Waals surface area (Å²) in [4.78, 5) is 0. The fourth-order valence-corrected chi connectivity index (χ4v) is 1.04. The molecule has 62 valence electrons. The van der Waals surface area contributed by atoms with Gasteiger partial charge in [-0.2, -0.15) is 0 Å². The molecule has 0 N–H and O–H groups in total. The Labute approximate surface area is 72.9 Å². The molecule has 0 radical (unpaired) electrons. The van der Waals surface area contributed by atoms with Gasteiger partial charge in [0.05, 0.1) is 0 Å². The number of rotatable bonds is 2. The first kappa shape index (κ1) is 7.68. The van der Waals surface area contributed by atoms with E-state index in [4.69, 9.17) is 9.47 Å². The normalized spacial score (nSPS) is 26.8. The van der Waals surface area contributed by atoms with Gasteiger partial charge in [0, 0.05) is 0 Å². The van der Waals surface area contributed by atoms with Gasteiger partial charge in [0.25, 0.3) is 0 Å². The van der Waals surface area contributed by atoms with Crippen LogP contribution in [-0.4, -0.2) is 20.2 Å². The van der Waals surface area contributed by atoms with Crippen molar-refractivity contribution in [2.24, 2.45) is 0 Å². The molecule has 1 aliphatic rings. The Balaban J connectivity index is 2.00. The molecule has 2 rings (SSSR count). The van der Waals surface area contributed by atoms with Crippen LogP contribution in [0.15, 0.2) is 24.3 Å². The molecule has 1 fully saturated rings. The van der Waals surface area contributed by atoms with Crippen molar-refractivity contribution in [1.29, 1.82) is 0 Å². The molecule has 0 saturated carbocycles. The zero-order chi connectivity index (χ0) is 8.55. The van der Waals surface area contributed by atoms with E-state index < -0.39 is 0 Å². The quantitative estimate of drug-likeness (QED) is 0.453. The van der Waals surface area contributed by atoms with Crippen LogP contribution in [0.4, 0.5) is 0 Å². The summed E-state index contributed by atoms with van der Waals surface area (Å²) < 4.78 is 10.6. The molecule has 0 amide bonds. The van der Waals surface area contributed by atoms with E-state index in [0.717, 1.165) is 5.75 Å². The lowest BCUT2D eigenvalue weighted by atomic mass is 9.97. The van der Waals surface area contributed by atoms with Crippen molar-refractivity contribution >= 4 is 13.3 Å². The van der Waals surface area contributed by atoms with Crippen LogP contribution in [0.3, 0.4) is 0 Å². The summed E-state index contributed by atoms with van der Waals surface area (Å²) in [7, 11) is 2.06. The van der Waals surface area contributed by atoms with E-state index in [-0.39, 0.29) is 12.4 Å². The molecule has 0 aromatic heterocycles. The number of ether oxygens (including phenoxy) is 2. The van der Waals surface area contributed by atoms with Crippen molar-refractivity contribution in [3.8, 4) is 5.75 Å². The molecule has 0 bridgehead atoms. The van der Waals surface area contributed by atoms with Crippen LogP contribution in [0.2, 0.25) is 0 Å². The summed E-state index contributed by atoms with van der Waals surface area (Å²) in [6, 6.07) is 7.98. The second kappa shape index (κ2) is 2.83. The lowest BCUT2D eigenvalue weighted by molar-refractivity contribution is 0.178. The molecule has 2 atom stereocenters. The lowest BCUT2D eigenvalue weighted by Gasteiger charge is -2.01. The van der Waals surface area contributed by atoms with E-state index in [1.807, 2.05) is 31.2 Å². The Bertz CT molecular complexity index is 270. The van der Waals surface area contributed by atoms with Gasteiger partial charge in [0.2, 0.25) is 6.29 Å². The summed E-state index contributed by atoms with van der Waals surface area (Å²) in [5, 5.41) is 0. The largest absolute Gasteiger partial charge is 0.462 e. The van der Waals surface area contributed by atoms with Crippen molar-refractivity contribution < 1.29 is 9.47 Å². The molecule has 0 aliphatic carbocycles. The van der Waals surface area contributed by atoms with E-state index in [9.17, 15) is 0 Å². The first-order valence-electron chi connectivity index (χ1n) is 4.14. The number of hydrogen-bond donors (Lipinski definition) is 0. The van der Waals surface area contributed by atoms with Gasteiger partial charge < -0.3 is 9.47 Å². The zero-order valence-corrected chi connectivity index (χ0v) is 7.28. The van der Waals surface area contributed by atoms with E-state index in [1.54, 1.807) is 0 Å². The third-order valence-electron chi connectivity index (χ3n) is 1.93. The molecule has 2 unspecified atom stereocenters. The van der Waals surface area contributed by atoms with Crippen LogP contribution in [-0.2, 0) is 4.74 Å². The summed E-state index contributed by atoms with van der Waals surface area (Å²) >= 11 is 0. The molecule has 2 nitrogen and oxygen atoms in total. The van der Waals surface area contributed by atoms with E-state index in [0.29, 0.717) is 0 Å². The molecule has 12 heavy (non-hydrogen) atoms. The molecule has 0 spiro atoms. The van der Waals surface area contributed by atoms with Gasteiger partial charge in [-0.15, -0.1) is 0 Å². The maximum Gasteiger partial charge on any atom is 0.226 e. The Morgan fingerprint density at radius 3 is 2.42 bits per heavy atom. The van der Waals surface area contributed by atoms with E-state index in [2.05, 4.69) is 7.85 Å². The van der Waals surface area contributed by atoms with E-state index in [1.165, 1.54) is 5.46 Å². The second-order valence-electron chi connectivity index (χ2n) is 3.14. The van der Waals surface area contributed by atoms with Crippen molar-refractivity contribution in [2.75, 3.05) is 0 Å². The van der Waals surface area contributed by atoms with Gasteiger partial charge in [-0.25, -0.2) is 0 Å². The number of hydrogen-bond acceptors (Lipinski definition) is 2. The molecule has 1 aromatic carbocycles. The summed E-state index contributed by atoms with van der Waals surface area (Å²) in [5.41, 5.74) is 1.24. The standard InChI is InChI=1S/C9H11BO2/c1-6-9(11-6)12-8-4-2-7(10)3-5-8/h2-6,9H,10H2,1H3. The van der Waals surface area contributed by atoms with Crippen molar-refractivity contribution in [2.45, 2.75) is 19.3 Å². The minimum absolute atomic E-state index is 0.0206. The maximum absolute atomic E-state index is 5.47. The Morgan fingerprint density at radius 1 is 1.33 bits per heavy atom. The predicted molar refractivity (Wildman–Crippen MR) is 49.6 cm³/mol. The van der Waals surface area contributed by atoms with Gasteiger partial charge in [-0.1, -0.05) is 17.6 Å². The summed E-state index contributed by atoms with van der Waals surface area (Å²) in [6.07, 6.45) is 0.235. The molecular weight excluding hydrogens is 151 g/mol.